The Morgan fingerprint density at radius 3 is 2.70 bits per heavy atom. The predicted molar refractivity (Wildman–Crippen MR) is 74.7 cm³/mol. The third kappa shape index (κ3) is 3.88. The molecule has 6 nitrogen and oxygen atoms in total. The first-order valence-electron chi connectivity index (χ1n) is 6.45. The molecule has 1 aliphatic rings. The molecule has 1 saturated heterocycles. The van der Waals surface area contributed by atoms with Crippen molar-refractivity contribution in [1.29, 1.82) is 0 Å². The summed E-state index contributed by atoms with van der Waals surface area (Å²) in [7, 11) is 0. The fourth-order valence-electron chi connectivity index (χ4n) is 2.14. The van der Waals surface area contributed by atoms with E-state index in [1.807, 2.05) is 20.8 Å². The molecule has 7 heteroatoms. The summed E-state index contributed by atoms with van der Waals surface area (Å²) in [6, 6.07) is 0. The monoisotopic (exact) mass is 299 g/mol. The van der Waals surface area contributed by atoms with Crippen LogP contribution in [0, 0.1) is 0 Å². The molecule has 110 valence electrons. The smallest absolute Gasteiger partial charge is 0.171 e. The van der Waals surface area contributed by atoms with Crippen LogP contribution in [-0.4, -0.2) is 40.3 Å². The Bertz CT molecular complexity index is 496. The lowest BCUT2D eigenvalue weighted by atomic mass is 10.1. The number of rotatable bonds is 5. The highest BCUT2D eigenvalue weighted by molar-refractivity contribution is 6.31. The lowest BCUT2D eigenvalue weighted by molar-refractivity contribution is -0.147. The Kier molecular flexibility index (Phi) is 4.57. The van der Waals surface area contributed by atoms with Gasteiger partial charge in [-0.2, -0.15) is 0 Å². The zero-order valence-electron chi connectivity index (χ0n) is 11.7. The summed E-state index contributed by atoms with van der Waals surface area (Å²) in [5, 5.41) is 3.12. The van der Waals surface area contributed by atoms with E-state index in [4.69, 9.17) is 21.1 Å². The second-order valence-electron chi connectivity index (χ2n) is 5.17. The molecule has 0 aromatic carbocycles. The Labute approximate surface area is 122 Å². The molecule has 0 aliphatic carbocycles. The summed E-state index contributed by atoms with van der Waals surface area (Å²) in [6.45, 7) is 5.71. The molecule has 0 amide bonds. The van der Waals surface area contributed by atoms with Crippen LogP contribution >= 0.6 is 11.6 Å². The van der Waals surface area contributed by atoms with Gasteiger partial charge in [-0.05, 0) is 20.8 Å². The number of halogens is 1. The number of ether oxygens (including phenoxy) is 2. The van der Waals surface area contributed by atoms with E-state index in [9.17, 15) is 4.79 Å². The normalized spacial score (nSPS) is 24.6. The van der Waals surface area contributed by atoms with Crippen molar-refractivity contribution in [2.45, 2.75) is 45.2 Å². The summed E-state index contributed by atoms with van der Waals surface area (Å²) in [5.74, 6) is -0.226. The molecule has 1 aliphatic heterocycles. The van der Waals surface area contributed by atoms with E-state index in [1.165, 1.54) is 12.4 Å². The Balaban J connectivity index is 1.83. The molecule has 1 aromatic heterocycles. The maximum absolute atomic E-state index is 12.0. The van der Waals surface area contributed by atoms with Gasteiger partial charge in [0, 0.05) is 18.8 Å². The number of hydrogen-bond donors (Lipinski definition) is 1. The topological polar surface area (TPSA) is 73.3 Å². The molecule has 1 N–H and O–H groups in total. The van der Waals surface area contributed by atoms with Crippen molar-refractivity contribution in [3.63, 3.8) is 0 Å². The van der Waals surface area contributed by atoms with Gasteiger partial charge in [0.15, 0.2) is 22.5 Å². The number of aromatic nitrogens is 2. The van der Waals surface area contributed by atoms with Crippen molar-refractivity contribution in [2.24, 2.45) is 0 Å². The third-order valence-electron chi connectivity index (χ3n) is 2.96. The van der Waals surface area contributed by atoms with Gasteiger partial charge in [-0.25, -0.2) is 9.97 Å². The maximum atomic E-state index is 12.0. The highest BCUT2D eigenvalue weighted by atomic mass is 35.5. The Morgan fingerprint density at radius 2 is 2.10 bits per heavy atom. The zero-order chi connectivity index (χ0) is 14.8. The molecule has 0 unspecified atom stereocenters. The van der Waals surface area contributed by atoms with E-state index < -0.39 is 5.79 Å². The summed E-state index contributed by atoms with van der Waals surface area (Å²) >= 11 is 5.85. The number of nitrogens with one attached hydrogen (secondary N) is 1. The lowest BCUT2D eigenvalue weighted by Crippen LogP contribution is -2.27. The van der Waals surface area contributed by atoms with Crippen molar-refractivity contribution in [3.8, 4) is 0 Å². The molecule has 2 rings (SSSR count). The van der Waals surface area contributed by atoms with Gasteiger partial charge in [-0.3, -0.25) is 4.79 Å². The largest absolute Gasteiger partial charge is 0.360 e. The van der Waals surface area contributed by atoms with Crippen LogP contribution in [0.2, 0.25) is 5.15 Å². The number of Topliss-reactive ketones (excluding diaryl/α,β-unsaturated/α-hetero) is 1. The minimum Gasteiger partial charge on any atom is -0.360 e. The summed E-state index contributed by atoms with van der Waals surface area (Å²) in [4.78, 5) is 19.8. The van der Waals surface area contributed by atoms with Gasteiger partial charge in [0.2, 0.25) is 0 Å². The van der Waals surface area contributed by atoms with Crippen molar-refractivity contribution in [3.05, 3.63) is 17.5 Å². The minimum atomic E-state index is -0.633. The highest BCUT2D eigenvalue weighted by Gasteiger charge is 2.39. The quantitative estimate of drug-likeness (QED) is 0.897. The second kappa shape index (κ2) is 6.03. The lowest BCUT2D eigenvalue weighted by Gasteiger charge is -2.16. The fourth-order valence-corrected chi connectivity index (χ4v) is 2.31. The molecule has 2 atom stereocenters. The Hall–Kier alpha value is -1.24. The van der Waals surface area contributed by atoms with Crippen LogP contribution in [0.3, 0.4) is 0 Å². The second-order valence-corrected chi connectivity index (χ2v) is 5.53. The van der Waals surface area contributed by atoms with Gasteiger partial charge in [0.05, 0.1) is 18.8 Å². The van der Waals surface area contributed by atoms with Crippen LogP contribution in [0.4, 0.5) is 5.82 Å². The van der Waals surface area contributed by atoms with Crippen molar-refractivity contribution in [1.82, 2.24) is 9.97 Å². The molecule has 1 aromatic rings. The number of nitrogens with zero attached hydrogens (tertiary/aromatic N) is 2. The number of ketones is 1. The van der Waals surface area contributed by atoms with E-state index in [1.54, 1.807) is 0 Å². The van der Waals surface area contributed by atoms with Crippen molar-refractivity contribution in [2.75, 3.05) is 11.9 Å². The number of carbonyl (C=O) groups is 1. The molecule has 0 bridgehead atoms. The van der Waals surface area contributed by atoms with Crippen LogP contribution in [0.5, 0.6) is 0 Å². The summed E-state index contributed by atoms with van der Waals surface area (Å²) in [6.07, 6.45) is 2.96. The zero-order valence-corrected chi connectivity index (χ0v) is 12.5. The van der Waals surface area contributed by atoms with Crippen LogP contribution < -0.4 is 5.32 Å². The SMILES string of the molecule is C[C@H]1OC(C)(C)O[C@H]1CC(=O)CNc1nccnc1Cl. The number of anilines is 1. The van der Waals surface area contributed by atoms with Crippen LogP contribution in [0.25, 0.3) is 0 Å². The number of carbonyl (C=O) groups excluding carboxylic acids is 1. The standard InChI is InChI=1S/C13H18ClN3O3/c1-8-10(20-13(2,3)19-8)6-9(18)7-17-12-11(14)15-4-5-16-12/h4-5,8,10H,6-7H2,1-3H3,(H,16,17)/t8-,10+/m1/s1. The first-order valence-corrected chi connectivity index (χ1v) is 6.83. The predicted octanol–water partition coefficient (Wildman–Crippen LogP) is 2.04. The summed E-state index contributed by atoms with van der Waals surface area (Å²) in [5.41, 5.74) is 0. The van der Waals surface area contributed by atoms with Crippen LogP contribution in [-0.2, 0) is 14.3 Å². The first-order chi connectivity index (χ1) is 9.37. The third-order valence-corrected chi connectivity index (χ3v) is 3.24. The average molecular weight is 300 g/mol. The molecular formula is C13H18ClN3O3. The number of hydrogen-bond acceptors (Lipinski definition) is 6. The van der Waals surface area contributed by atoms with Gasteiger partial charge >= 0.3 is 0 Å². The van der Waals surface area contributed by atoms with Gasteiger partial charge in [-0.1, -0.05) is 11.6 Å². The molecule has 20 heavy (non-hydrogen) atoms. The van der Waals surface area contributed by atoms with Crippen molar-refractivity contribution >= 4 is 23.2 Å². The van der Waals surface area contributed by atoms with Crippen LogP contribution in [0.15, 0.2) is 12.4 Å². The van der Waals surface area contributed by atoms with E-state index >= 15 is 0 Å². The van der Waals surface area contributed by atoms with Gasteiger partial charge < -0.3 is 14.8 Å². The van der Waals surface area contributed by atoms with Crippen LogP contribution in [0.1, 0.15) is 27.2 Å². The average Bonchev–Trinajstić information content (AvgIpc) is 2.61. The molecule has 0 radical (unpaired) electrons. The minimum absolute atomic E-state index is 0.00451. The molecule has 2 heterocycles. The maximum Gasteiger partial charge on any atom is 0.171 e. The van der Waals surface area contributed by atoms with Gasteiger partial charge in [-0.15, -0.1) is 0 Å². The van der Waals surface area contributed by atoms with Gasteiger partial charge in [0.1, 0.15) is 0 Å². The fraction of sp³-hybridized carbons (Fsp3) is 0.615. The summed E-state index contributed by atoms with van der Waals surface area (Å²) < 4.78 is 11.3. The van der Waals surface area contributed by atoms with Gasteiger partial charge in [0.25, 0.3) is 0 Å². The molecular weight excluding hydrogens is 282 g/mol. The first kappa shape index (κ1) is 15.2. The van der Waals surface area contributed by atoms with Crippen molar-refractivity contribution < 1.29 is 14.3 Å². The highest BCUT2D eigenvalue weighted by Crippen LogP contribution is 2.29. The molecule has 1 fully saturated rings. The van der Waals surface area contributed by atoms with E-state index in [0.29, 0.717) is 5.82 Å². The van der Waals surface area contributed by atoms with E-state index in [-0.39, 0.29) is 36.1 Å². The van der Waals surface area contributed by atoms with E-state index in [0.717, 1.165) is 0 Å². The van der Waals surface area contributed by atoms with E-state index in [2.05, 4.69) is 15.3 Å². The Morgan fingerprint density at radius 1 is 1.40 bits per heavy atom. The molecule has 0 spiro atoms. The molecule has 0 saturated carbocycles.